The van der Waals surface area contributed by atoms with Crippen LogP contribution in [0.1, 0.15) is 20.3 Å². The number of sulfonamides is 1. The summed E-state index contributed by atoms with van der Waals surface area (Å²) in [5, 5.41) is 2.78. The third-order valence-corrected chi connectivity index (χ3v) is 5.40. The van der Waals surface area contributed by atoms with E-state index in [4.69, 9.17) is 9.47 Å². The molecule has 2 aromatic rings. The maximum absolute atomic E-state index is 12.9. The lowest BCUT2D eigenvalue weighted by atomic mass is 10.1. The largest absolute Gasteiger partial charge is 0.494 e. The Labute approximate surface area is 178 Å². The standard InChI is InChI=1S/C22H28N2O5S/c1-5-16-29-20-12-8-17(9-13-20)23-22(25)21(6-2)24(30(4,26)27)18-10-14-19(15-11-18)28-7-3/h5,8-15,21H,1,6-7,16H2,2-4H3,(H,23,25). The fourth-order valence-electron chi connectivity index (χ4n) is 2.93. The van der Waals surface area contributed by atoms with Crippen molar-refractivity contribution in [2.75, 3.05) is 29.1 Å². The molecule has 1 atom stereocenters. The SMILES string of the molecule is C=CCOc1ccc(NC(=O)C(CC)N(c2ccc(OCC)cc2)S(C)(=O)=O)cc1. The van der Waals surface area contributed by atoms with E-state index in [-0.39, 0.29) is 0 Å². The lowest BCUT2D eigenvalue weighted by Crippen LogP contribution is -2.46. The molecule has 0 radical (unpaired) electrons. The van der Waals surface area contributed by atoms with E-state index < -0.39 is 22.0 Å². The van der Waals surface area contributed by atoms with Crippen molar-refractivity contribution in [2.45, 2.75) is 26.3 Å². The molecule has 0 saturated carbocycles. The number of ether oxygens (including phenoxy) is 2. The first-order chi connectivity index (χ1) is 14.3. The van der Waals surface area contributed by atoms with Gasteiger partial charge in [-0.15, -0.1) is 0 Å². The van der Waals surface area contributed by atoms with Crippen LogP contribution in [-0.2, 0) is 14.8 Å². The average Bonchev–Trinajstić information content (AvgIpc) is 2.71. The summed E-state index contributed by atoms with van der Waals surface area (Å²) in [7, 11) is -3.71. The van der Waals surface area contributed by atoms with Gasteiger partial charge in [0.25, 0.3) is 0 Å². The Morgan fingerprint density at radius 2 is 1.63 bits per heavy atom. The quantitative estimate of drug-likeness (QED) is 0.546. The minimum atomic E-state index is -3.71. The van der Waals surface area contributed by atoms with Gasteiger partial charge in [0.2, 0.25) is 15.9 Å². The number of amides is 1. The molecular weight excluding hydrogens is 404 g/mol. The van der Waals surface area contributed by atoms with Crippen molar-refractivity contribution in [3.63, 3.8) is 0 Å². The smallest absolute Gasteiger partial charge is 0.248 e. The number of benzene rings is 2. The molecule has 8 heteroatoms. The molecule has 2 aromatic carbocycles. The molecule has 162 valence electrons. The van der Waals surface area contributed by atoms with Gasteiger partial charge < -0.3 is 14.8 Å². The van der Waals surface area contributed by atoms with Crippen molar-refractivity contribution in [3.05, 3.63) is 61.2 Å². The number of anilines is 2. The molecule has 0 spiro atoms. The molecule has 0 aliphatic heterocycles. The number of carbonyl (C=O) groups excluding carboxylic acids is 1. The Morgan fingerprint density at radius 3 is 2.13 bits per heavy atom. The monoisotopic (exact) mass is 432 g/mol. The zero-order chi connectivity index (χ0) is 22.1. The number of hydrogen-bond acceptors (Lipinski definition) is 5. The summed E-state index contributed by atoms with van der Waals surface area (Å²) < 4.78 is 37.0. The zero-order valence-electron chi connectivity index (χ0n) is 17.5. The molecule has 0 heterocycles. The Hall–Kier alpha value is -3.00. The molecule has 0 aromatic heterocycles. The molecule has 0 aliphatic rings. The fourth-order valence-corrected chi connectivity index (χ4v) is 4.14. The Kier molecular flexibility index (Phi) is 8.29. The second-order valence-corrected chi connectivity index (χ2v) is 8.38. The van der Waals surface area contributed by atoms with Crippen LogP contribution in [0.15, 0.2) is 61.2 Å². The summed E-state index contributed by atoms with van der Waals surface area (Å²) in [6.07, 6.45) is 3.03. The van der Waals surface area contributed by atoms with Crippen LogP contribution in [0.4, 0.5) is 11.4 Å². The first-order valence-electron chi connectivity index (χ1n) is 9.67. The Bertz CT molecular complexity index is 940. The molecule has 1 N–H and O–H groups in total. The molecule has 0 fully saturated rings. The first kappa shape index (κ1) is 23.3. The van der Waals surface area contributed by atoms with Gasteiger partial charge in [0.15, 0.2) is 0 Å². The van der Waals surface area contributed by atoms with Gasteiger partial charge in [-0.1, -0.05) is 19.6 Å². The highest BCUT2D eigenvalue weighted by Crippen LogP contribution is 2.26. The molecule has 0 aliphatic carbocycles. The van der Waals surface area contributed by atoms with Crippen molar-refractivity contribution in [3.8, 4) is 11.5 Å². The van der Waals surface area contributed by atoms with E-state index in [0.717, 1.165) is 10.6 Å². The van der Waals surface area contributed by atoms with Crippen molar-refractivity contribution in [2.24, 2.45) is 0 Å². The van der Waals surface area contributed by atoms with E-state index in [2.05, 4.69) is 11.9 Å². The predicted octanol–water partition coefficient (Wildman–Crippen LogP) is 3.83. The normalized spacial score (nSPS) is 12.0. The molecule has 30 heavy (non-hydrogen) atoms. The van der Waals surface area contributed by atoms with E-state index in [9.17, 15) is 13.2 Å². The van der Waals surface area contributed by atoms with Crippen molar-refractivity contribution in [1.82, 2.24) is 0 Å². The Morgan fingerprint density at radius 1 is 1.07 bits per heavy atom. The highest BCUT2D eigenvalue weighted by Gasteiger charge is 2.31. The lowest BCUT2D eigenvalue weighted by Gasteiger charge is -2.30. The third kappa shape index (κ3) is 6.25. The second-order valence-electron chi connectivity index (χ2n) is 6.52. The van der Waals surface area contributed by atoms with Gasteiger partial charge in [0.1, 0.15) is 24.1 Å². The van der Waals surface area contributed by atoms with Crippen molar-refractivity contribution in [1.29, 1.82) is 0 Å². The van der Waals surface area contributed by atoms with Crippen LogP contribution in [0.2, 0.25) is 0 Å². The van der Waals surface area contributed by atoms with Gasteiger partial charge in [-0.3, -0.25) is 9.10 Å². The third-order valence-electron chi connectivity index (χ3n) is 4.22. The lowest BCUT2D eigenvalue weighted by molar-refractivity contribution is -0.117. The summed E-state index contributed by atoms with van der Waals surface area (Å²) >= 11 is 0. The van der Waals surface area contributed by atoms with Crippen LogP contribution in [0.3, 0.4) is 0 Å². The van der Waals surface area contributed by atoms with Gasteiger partial charge in [0.05, 0.1) is 18.6 Å². The molecule has 7 nitrogen and oxygen atoms in total. The summed E-state index contributed by atoms with van der Waals surface area (Å²) in [6.45, 7) is 8.12. The van der Waals surface area contributed by atoms with E-state index in [1.54, 1.807) is 61.5 Å². The van der Waals surface area contributed by atoms with Crippen LogP contribution >= 0.6 is 0 Å². The number of rotatable bonds is 11. The van der Waals surface area contributed by atoms with Gasteiger partial charge in [-0.05, 0) is 61.9 Å². The molecule has 1 unspecified atom stereocenters. The van der Waals surface area contributed by atoms with Gasteiger partial charge in [-0.25, -0.2) is 8.42 Å². The van der Waals surface area contributed by atoms with Crippen LogP contribution in [0.25, 0.3) is 0 Å². The van der Waals surface area contributed by atoms with E-state index >= 15 is 0 Å². The van der Waals surface area contributed by atoms with Gasteiger partial charge in [0, 0.05) is 5.69 Å². The van der Waals surface area contributed by atoms with Crippen LogP contribution in [0.5, 0.6) is 11.5 Å². The molecule has 0 saturated heterocycles. The minimum absolute atomic E-state index is 0.298. The highest BCUT2D eigenvalue weighted by atomic mass is 32.2. The molecule has 1 amide bonds. The topological polar surface area (TPSA) is 84.9 Å². The van der Waals surface area contributed by atoms with E-state index in [1.165, 1.54) is 0 Å². The molecular formula is C22H28N2O5S. The van der Waals surface area contributed by atoms with Gasteiger partial charge in [-0.2, -0.15) is 0 Å². The van der Waals surface area contributed by atoms with Crippen molar-refractivity contribution < 1.29 is 22.7 Å². The summed E-state index contributed by atoms with van der Waals surface area (Å²) in [5.41, 5.74) is 0.945. The highest BCUT2D eigenvalue weighted by molar-refractivity contribution is 7.92. The first-order valence-corrected chi connectivity index (χ1v) is 11.5. The van der Waals surface area contributed by atoms with E-state index in [0.29, 0.717) is 42.5 Å². The maximum atomic E-state index is 12.9. The van der Waals surface area contributed by atoms with Crippen LogP contribution < -0.4 is 19.1 Å². The maximum Gasteiger partial charge on any atom is 0.248 e. The number of nitrogens with zero attached hydrogens (tertiary/aromatic N) is 1. The van der Waals surface area contributed by atoms with Crippen molar-refractivity contribution >= 4 is 27.3 Å². The number of carbonyl (C=O) groups is 1. The number of nitrogens with one attached hydrogen (secondary N) is 1. The molecule has 0 bridgehead atoms. The van der Waals surface area contributed by atoms with Crippen LogP contribution in [-0.4, -0.2) is 39.8 Å². The minimum Gasteiger partial charge on any atom is -0.494 e. The molecule has 2 rings (SSSR count). The van der Waals surface area contributed by atoms with Gasteiger partial charge >= 0.3 is 0 Å². The van der Waals surface area contributed by atoms with Crippen LogP contribution in [0, 0.1) is 0 Å². The predicted molar refractivity (Wildman–Crippen MR) is 120 cm³/mol. The zero-order valence-corrected chi connectivity index (χ0v) is 18.3. The Balaban J connectivity index is 2.23. The summed E-state index contributed by atoms with van der Waals surface area (Å²) in [5.74, 6) is 0.856. The summed E-state index contributed by atoms with van der Waals surface area (Å²) in [4.78, 5) is 12.9. The average molecular weight is 433 g/mol. The van der Waals surface area contributed by atoms with E-state index in [1.807, 2.05) is 6.92 Å². The second kappa shape index (κ2) is 10.7. The fraction of sp³-hybridized carbons (Fsp3) is 0.318. The number of hydrogen-bond donors (Lipinski definition) is 1. The summed E-state index contributed by atoms with van der Waals surface area (Å²) in [6, 6.07) is 12.6.